The molecule has 0 radical (unpaired) electrons. The van der Waals surface area contributed by atoms with Gasteiger partial charge in [0.2, 0.25) is 0 Å². The third-order valence-electron chi connectivity index (χ3n) is 2.21. The summed E-state index contributed by atoms with van der Waals surface area (Å²) < 4.78 is 6.16. The smallest absolute Gasteiger partial charge is 0.303 e. The zero-order chi connectivity index (χ0) is 11.9. The monoisotopic (exact) mass is 216 g/mol. The maximum absolute atomic E-state index is 10.9. The van der Waals surface area contributed by atoms with E-state index in [4.69, 9.17) is 4.74 Å². The minimum Gasteiger partial charge on any atom is -0.457 e. The lowest BCUT2D eigenvalue weighted by atomic mass is 10.1. The Labute approximate surface area is 94.0 Å². The summed E-state index contributed by atoms with van der Waals surface area (Å²) in [4.78, 5) is 10.9. The van der Waals surface area contributed by atoms with Gasteiger partial charge in [-0.25, -0.2) is 0 Å². The van der Waals surface area contributed by atoms with Crippen molar-refractivity contribution >= 4 is 5.97 Å². The van der Waals surface area contributed by atoms with Gasteiger partial charge < -0.3 is 9.22 Å². The van der Waals surface area contributed by atoms with E-state index in [1.807, 2.05) is 0 Å². The first-order valence-electron chi connectivity index (χ1n) is 5.83. The molecular formula is C12H26NO2+. The molecule has 0 rings (SSSR count). The number of hydrogen-bond donors (Lipinski definition) is 0. The van der Waals surface area contributed by atoms with Crippen molar-refractivity contribution < 1.29 is 14.0 Å². The Morgan fingerprint density at radius 1 is 1.27 bits per heavy atom. The topological polar surface area (TPSA) is 26.3 Å². The highest BCUT2D eigenvalue weighted by Crippen LogP contribution is 2.10. The molecule has 0 fully saturated rings. The molecule has 0 aromatic rings. The van der Waals surface area contributed by atoms with Crippen LogP contribution in [0.15, 0.2) is 0 Å². The van der Waals surface area contributed by atoms with Gasteiger partial charge in [-0.3, -0.25) is 4.79 Å². The average molecular weight is 216 g/mol. The second-order valence-corrected chi connectivity index (χ2v) is 5.20. The summed E-state index contributed by atoms with van der Waals surface area (Å²) >= 11 is 0. The number of hydrogen-bond acceptors (Lipinski definition) is 2. The number of likely N-dealkylation sites (N-methyl/N-ethyl adjacent to an activating group) is 1. The van der Waals surface area contributed by atoms with E-state index in [1.54, 1.807) is 0 Å². The molecule has 90 valence electrons. The highest BCUT2D eigenvalue weighted by atomic mass is 16.5. The van der Waals surface area contributed by atoms with Gasteiger partial charge in [0.05, 0.1) is 21.1 Å². The summed E-state index contributed by atoms with van der Waals surface area (Å²) in [5, 5.41) is 0. The van der Waals surface area contributed by atoms with Crippen molar-refractivity contribution in [1.82, 2.24) is 0 Å². The third-order valence-corrected chi connectivity index (χ3v) is 2.21. The van der Waals surface area contributed by atoms with Crippen molar-refractivity contribution in [3.8, 4) is 0 Å². The summed E-state index contributed by atoms with van der Waals surface area (Å²) in [5.74, 6) is -0.162. The number of ether oxygens (including phenoxy) is 1. The molecule has 0 amide bonds. The van der Waals surface area contributed by atoms with Crippen LogP contribution in [0, 0.1) is 0 Å². The van der Waals surface area contributed by atoms with Crippen LogP contribution in [0.1, 0.15) is 39.5 Å². The van der Waals surface area contributed by atoms with Gasteiger partial charge in [-0.15, -0.1) is 0 Å². The second-order valence-electron chi connectivity index (χ2n) is 5.20. The Bertz CT molecular complexity index is 185. The summed E-state index contributed by atoms with van der Waals surface area (Å²) in [7, 11) is 6.36. The molecule has 0 spiro atoms. The van der Waals surface area contributed by atoms with E-state index in [0.717, 1.165) is 23.9 Å². The lowest BCUT2D eigenvalue weighted by molar-refractivity contribution is -0.873. The number of carbonyl (C=O) groups excluding carboxylic acids is 1. The molecule has 0 aromatic carbocycles. The Hall–Kier alpha value is -0.570. The average Bonchev–Trinajstić information content (AvgIpc) is 2.00. The van der Waals surface area contributed by atoms with Crippen LogP contribution >= 0.6 is 0 Å². The van der Waals surface area contributed by atoms with E-state index in [9.17, 15) is 4.79 Å². The van der Waals surface area contributed by atoms with Gasteiger partial charge >= 0.3 is 5.97 Å². The molecule has 1 unspecified atom stereocenters. The molecule has 3 heteroatoms. The molecule has 0 aliphatic carbocycles. The van der Waals surface area contributed by atoms with Crippen molar-refractivity contribution in [2.75, 3.05) is 27.7 Å². The number of quaternary nitrogens is 1. The number of rotatable bonds is 7. The minimum absolute atomic E-state index is 0.0778. The molecule has 0 saturated carbocycles. The number of unbranched alkanes of at least 4 members (excludes halogenated alkanes) is 2. The van der Waals surface area contributed by atoms with E-state index in [1.165, 1.54) is 19.8 Å². The summed E-state index contributed by atoms with van der Waals surface area (Å²) in [6, 6.07) is 0. The van der Waals surface area contributed by atoms with Crippen LogP contribution in [0.4, 0.5) is 0 Å². The standard InChI is InChI=1S/C12H26NO2/c1-6-7-8-9-12(15-11(2)14)10-13(3,4)5/h12H,6-10H2,1-5H3/q+1. The molecule has 0 N–H and O–H groups in total. The summed E-state index contributed by atoms with van der Waals surface area (Å²) in [6.07, 6.45) is 4.64. The van der Waals surface area contributed by atoms with Crippen LogP contribution < -0.4 is 0 Å². The predicted molar refractivity (Wildman–Crippen MR) is 62.6 cm³/mol. The van der Waals surface area contributed by atoms with Crippen molar-refractivity contribution in [2.45, 2.75) is 45.6 Å². The van der Waals surface area contributed by atoms with Crippen LogP contribution in [0.5, 0.6) is 0 Å². The fourth-order valence-corrected chi connectivity index (χ4v) is 1.66. The summed E-state index contributed by atoms with van der Waals surface area (Å²) in [5.41, 5.74) is 0. The first-order chi connectivity index (χ1) is 6.85. The molecule has 0 aromatic heterocycles. The van der Waals surface area contributed by atoms with Gasteiger partial charge in [-0.1, -0.05) is 19.8 Å². The fourth-order valence-electron chi connectivity index (χ4n) is 1.66. The molecule has 0 aliphatic heterocycles. The highest BCUT2D eigenvalue weighted by Gasteiger charge is 2.20. The van der Waals surface area contributed by atoms with Crippen molar-refractivity contribution in [3.63, 3.8) is 0 Å². The first kappa shape index (κ1) is 14.4. The Morgan fingerprint density at radius 2 is 1.87 bits per heavy atom. The molecule has 0 aliphatic rings. The molecule has 0 saturated heterocycles. The van der Waals surface area contributed by atoms with Crippen molar-refractivity contribution in [2.24, 2.45) is 0 Å². The van der Waals surface area contributed by atoms with Gasteiger partial charge in [0.15, 0.2) is 6.10 Å². The molecule has 15 heavy (non-hydrogen) atoms. The number of nitrogens with zero attached hydrogens (tertiary/aromatic N) is 1. The number of carbonyl (C=O) groups is 1. The van der Waals surface area contributed by atoms with Gasteiger partial charge in [0, 0.05) is 6.92 Å². The number of esters is 1. The van der Waals surface area contributed by atoms with Crippen LogP contribution in [0.2, 0.25) is 0 Å². The minimum atomic E-state index is -0.162. The largest absolute Gasteiger partial charge is 0.457 e. The van der Waals surface area contributed by atoms with E-state index >= 15 is 0 Å². The van der Waals surface area contributed by atoms with Gasteiger partial charge in [0.25, 0.3) is 0 Å². The van der Waals surface area contributed by atoms with Crippen LogP contribution in [-0.4, -0.2) is 44.2 Å². The van der Waals surface area contributed by atoms with Crippen molar-refractivity contribution in [3.05, 3.63) is 0 Å². The molecule has 3 nitrogen and oxygen atoms in total. The highest BCUT2D eigenvalue weighted by molar-refractivity contribution is 5.66. The van der Waals surface area contributed by atoms with E-state index in [0.29, 0.717) is 0 Å². The normalized spacial score (nSPS) is 13.7. The van der Waals surface area contributed by atoms with E-state index in [2.05, 4.69) is 28.1 Å². The molecule has 0 heterocycles. The zero-order valence-corrected chi connectivity index (χ0v) is 10.9. The maximum atomic E-state index is 10.9. The lowest BCUT2D eigenvalue weighted by Crippen LogP contribution is -2.42. The molecule has 0 bridgehead atoms. The predicted octanol–water partition coefficient (Wildman–Crippen LogP) is 2.20. The summed E-state index contributed by atoms with van der Waals surface area (Å²) in [6.45, 7) is 4.56. The SMILES string of the molecule is CCCCCC(C[N+](C)(C)C)OC(C)=O. The maximum Gasteiger partial charge on any atom is 0.303 e. The van der Waals surface area contributed by atoms with E-state index < -0.39 is 0 Å². The van der Waals surface area contributed by atoms with E-state index in [-0.39, 0.29) is 12.1 Å². The van der Waals surface area contributed by atoms with Gasteiger partial charge in [0.1, 0.15) is 6.54 Å². The van der Waals surface area contributed by atoms with Gasteiger partial charge in [-0.2, -0.15) is 0 Å². The van der Waals surface area contributed by atoms with Gasteiger partial charge in [-0.05, 0) is 12.8 Å². The van der Waals surface area contributed by atoms with Crippen molar-refractivity contribution in [1.29, 1.82) is 0 Å². The fraction of sp³-hybridized carbons (Fsp3) is 0.917. The third kappa shape index (κ3) is 9.73. The Balaban J connectivity index is 4.01. The zero-order valence-electron chi connectivity index (χ0n) is 10.9. The molecular weight excluding hydrogens is 190 g/mol. The van der Waals surface area contributed by atoms with Crippen LogP contribution in [0.3, 0.4) is 0 Å². The first-order valence-corrected chi connectivity index (χ1v) is 5.83. The molecule has 1 atom stereocenters. The second kappa shape index (κ2) is 6.83. The quantitative estimate of drug-likeness (QED) is 0.370. The lowest BCUT2D eigenvalue weighted by Gasteiger charge is -2.28. The van der Waals surface area contributed by atoms with Crippen LogP contribution in [-0.2, 0) is 9.53 Å². The Kier molecular flexibility index (Phi) is 6.57. The Morgan fingerprint density at radius 3 is 2.27 bits per heavy atom. The van der Waals surface area contributed by atoms with Crippen LogP contribution in [0.25, 0.3) is 0 Å².